The van der Waals surface area contributed by atoms with Crippen LogP contribution in [0.5, 0.6) is 0 Å². The predicted octanol–water partition coefficient (Wildman–Crippen LogP) is 10.3. The molecule has 2 atom stereocenters. The van der Waals surface area contributed by atoms with Crippen LogP contribution in [0.4, 0.5) is 0 Å². The third kappa shape index (κ3) is 4.96. The van der Waals surface area contributed by atoms with Gasteiger partial charge in [-0.2, -0.15) is 0 Å². The van der Waals surface area contributed by atoms with E-state index in [0.29, 0.717) is 8.45 Å². The maximum atomic E-state index is 2.60. The van der Waals surface area contributed by atoms with Crippen molar-refractivity contribution in [3.05, 3.63) is 130 Å². The minimum atomic E-state index is -1.64. The number of halogens is 2. The summed E-state index contributed by atoms with van der Waals surface area (Å²) in [5.41, 5.74) is 14.7. The Bertz CT molecular complexity index is 1450. The molecule has 0 saturated carbocycles. The Kier molecular flexibility index (Phi) is 9.07. The molecule has 6 rings (SSSR count). The quantitative estimate of drug-likeness (QED) is 0.208. The van der Waals surface area contributed by atoms with Gasteiger partial charge in [0.25, 0.3) is 0 Å². The first-order valence-electron chi connectivity index (χ1n) is 12.9. The number of rotatable bonds is 4. The number of hydrogen-bond acceptors (Lipinski definition) is 0. The first-order chi connectivity index (χ1) is 17.5. The van der Waals surface area contributed by atoms with Crippen LogP contribution in [-0.2, 0) is 16.6 Å². The number of fused-ring (bicyclic) bond motifs is 2. The molecule has 0 radical (unpaired) electrons. The summed E-state index contributed by atoms with van der Waals surface area (Å²) in [4.78, 5) is 0. The molecule has 0 heterocycles. The van der Waals surface area contributed by atoms with Gasteiger partial charge in [-0.1, -0.05) is 0 Å². The number of allylic oxidation sites excluding steroid dienone is 2. The van der Waals surface area contributed by atoms with E-state index in [4.69, 9.17) is 0 Å². The fraction of sp³-hybridized carbons (Fsp3) is 0.176. The van der Waals surface area contributed by atoms with Crippen molar-refractivity contribution in [1.29, 1.82) is 0 Å². The monoisotopic (exact) mass is 588 g/mol. The zero-order valence-electron chi connectivity index (χ0n) is 22.4. The minimum absolute atomic E-state index is 0. The molecular weight excluding hydrogens is 555 g/mol. The Labute approximate surface area is 246 Å². The SMILES string of the molecule is CC1=Cc2c(-c3ccccc3)cccc2[CH]1[Ti]([CH]1C(C)=Cc2c(-c3ccccc3)cccc21)=[Si](C)C.Cl.Cl. The van der Waals surface area contributed by atoms with Crippen molar-refractivity contribution >= 4 is 43.2 Å². The molecule has 4 heteroatoms. The van der Waals surface area contributed by atoms with Crippen molar-refractivity contribution < 1.29 is 16.6 Å². The summed E-state index contributed by atoms with van der Waals surface area (Å²) in [6, 6.07) is 36.0. The van der Waals surface area contributed by atoms with Gasteiger partial charge in [-0.3, -0.25) is 0 Å². The van der Waals surface area contributed by atoms with Crippen LogP contribution < -0.4 is 0 Å². The topological polar surface area (TPSA) is 0 Å². The predicted molar refractivity (Wildman–Crippen MR) is 169 cm³/mol. The molecule has 38 heavy (non-hydrogen) atoms. The maximum Gasteiger partial charge on any atom is -0.147 e. The van der Waals surface area contributed by atoms with E-state index in [9.17, 15) is 0 Å². The van der Waals surface area contributed by atoms with Crippen molar-refractivity contribution in [1.82, 2.24) is 0 Å². The second-order valence-electron chi connectivity index (χ2n) is 10.4. The second kappa shape index (κ2) is 11.9. The molecule has 4 aromatic carbocycles. The zero-order valence-corrected chi connectivity index (χ0v) is 26.6. The van der Waals surface area contributed by atoms with Crippen molar-refractivity contribution in [2.45, 2.75) is 35.4 Å². The van der Waals surface area contributed by atoms with Gasteiger partial charge < -0.3 is 0 Å². The van der Waals surface area contributed by atoms with Crippen LogP contribution in [0.25, 0.3) is 34.4 Å². The van der Waals surface area contributed by atoms with Crippen molar-refractivity contribution in [3.8, 4) is 22.3 Å². The first kappa shape index (κ1) is 28.9. The molecule has 0 saturated heterocycles. The molecule has 2 aliphatic carbocycles. The fourth-order valence-electron chi connectivity index (χ4n) is 6.41. The minimum Gasteiger partial charge on any atom is -0.147 e. The molecule has 0 fully saturated rings. The molecule has 0 amide bonds. The van der Waals surface area contributed by atoms with E-state index in [0.717, 1.165) is 0 Å². The second-order valence-corrected chi connectivity index (χ2v) is 22.7. The molecule has 2 unspecified atom stereocenters. The van der Waals surface area contributed by atoms with Crippen molar-refractivity contribution in [2.75, 3.05) is 0 Å². The molecule has 0 N–H and O–H groups in total. The van der Waals surface area contributed by atoms with Gasteiger partial charge in [0.15, 0.2) is 0 Å². The van der Waals surface area contributed by atoms with Crippen molar-refractivity contribution in [2.24, 2.45) is 0 Å². The molecular formula is C34H34Cl2SiTi. The van der Waals surface area contributed by atoms with E-state index in [1.165, 1.54) is 33.4 Å². The summed E-state index contributed by atoms with van der Waals surface area (Å²) in [5, 5.41) is 0. The summed E-state index contributed by atoms with van der Waals surface area (Å²) >= 11 is -1.64. The Balaban J connectivity index is 0.00000168. The summed E-state index contributed by atoms with van der Waals surface area (Å²) in [5.74, 6) is 0. The average molecular weight is 590 g/mol. The fourth-order valence-corrected chi connectivity index (χ4v) is 20.3. The van der Waals surface area contributed by atoms with Crippen LogP contribution in [-0.4, -0.2) is 6.19 Å². The molecule has 0 spiro atoms. The molecule has 192 valence electrons. The molecule has 0 aromatic heterocycles. The summed E-state index contributed by atoms with van der Waals surface area (Å²) in [6.07, 6.45) is 4.59. The molecule has 4 aromatic rings. The molecule has 0 aliphatic heterocycles. The molecule has 0 bridgehead atoms. The van der Waals surface area contributed by atoms with Gasteiger partial charge in [-0.15, -0.1) is 24.8 Å². The van der Waals surface area contributed by atoms with Gasteiger partial charge in [0, 0.05) is 0 Å². The van der Waals surface area contributed by atoms with Crippen LogP contribution in [0.2, 0.25) is 13.1 Å². The van der Waals surface area contributed by atoms with Gasteiger partial charge in [0.1, 0.15) is 0 Å². The van der Waals surface area contributed by atoms with E-state index in [2.05, 4.69) is 136 Å². The largest absolute Gasteiger partial charge is 0.147 e. The Morgan fingerprint density at radius 2 is 0.921 bits per heavy atom. The van der Waals surface area contributed by atoms with E-state index >= 15 is 0 Å². The molecule has 2 aliphatic rings. The third-order valence-electron chi connectivity index (χ3n) is 7.93. The van der Waals surface area contributed by atoms with Crippen molar-refractivity contribution in [3.63, 3.8) is 0 Å². The number of benzene rings is 4. The van der Waals surface area contributed by atoms with Crippen LogP contribution in [0.1, 0.15) is 44.5 Å². The molecule has 0 nitrogen and oxygen atoms in total. The van der Waals surface area contributed by atoms with E-state index in [-0.39, 0.29) is 24.8 Å². The van der Waals surface area contributed by atoms with Gasteiger partial charge >= 0.3 is 223 Å². The number of hydrogen-bond donors (Lipinski definition) is 0. The normalized spacial score (nSPS) is 16.8. The Morgan fingerprint density at radius 1 is 0.526 bits per heavy atom. The van der Waals surface area contributed by atoms with Crippen LogP contribution in [0, 0.1) is 0 Å². The van der Waals surface area contributed by atoms with Crippen LogP contribution >= 0.6 is 24.8 Å². The first-order valence-corrected chi connectivity index (χ1v) is 19.6. The van der Waals surface area contributed by atoms with Crippen LogP contribution in [0.3, 0.4) is 0 Å². The Morgan fingerprint density at radius 3 is 1.29 bits per heavy atom. The summed E-state index contributed by atoms with van der Waals surface area (Å²) in [6.45, 7) is 10.0. The van der Waals surface area contributed by atoms with Gasteiger partial charge in [-0.05, 0) is 0 Å². The third-order valence-corrected chi connectivity index (χ3v) is 21.2. The summed E-state index contributed by atoms with van der Waals surface area (Å²) < 4.78 is 1.26. The van der Waals surface area contributed by atoms with E-state index in [1.807, 2.05) is 0 Å². The van der Waals surface area contributed by atoms with Gasteiger partial charge in [0.05, 0.1) is 0 Å². The smallest absolute Gasteiger partial charge is 0.147 e. The average Bonchev–Trinajstić information content (AvgIpc) is 3.41. The van der Waals surface area contributed by atoms with Crippen LogP contribution in [0.15, 0.2) is 108 Å². The van der Waals surface area contributed by atoms with Gasteiger partial charge in [0.2, 0.25) is 0 Å². The zero-order chi connectivity index (χ0) is 24.8. The maximum absolute atomic E-state index is 2.60. The Hall–Kier alpha value is -2.13. The van der Waals surface area contributed by atoms with E-state index < -0.39 is 22.8 Å². The van der Waals surface area contributed by atoms with Gasteiger partial charge in [-0.25, -0.2) is 0 Å². The van der Waals surface area contributed by atoms with E-state index in [1.54, 1.807) is 22.3 Å². The summed E-state index contributed by atoms with van der Waals surface area (Å²) in [7, 11) is 0. The standard InChI is InChI=1S/2C16H13.C2H6Si.2ClH.Ti/c2*1-12-10-14-8-5-9-15(16(14)11-12)13-6-3-2-4-7-13;1-3-2;;;/h2*2-11H,1H3;1-2H3;2*1H;.